The van der Waals surface area contributed by atoms with Gasteiger partial charge in [-0.15, -0.1) is 0 Å². The summed E-state index contributed by atoms with van der Waals surface area (Å²) in [7, 11) is 1.60. The number of nitrogens with zero attached hydrogens (tertiary/aromatic N) is 2. The second-order valence-corrected chi connectivity index (χ2v) is 6.72. The summed E-state index contributed by atoms with van der Waals surface area (Å²) >= 11 is 0. The molecule has 0 saturated heterocycles. The van der Waals surface area contributed by atoms with Crippen LogP contribution in [0, 0.1) is 12.7 Å². The minimum absolute atomic E-state index is 0.232. The Balaban J connectivity index is 1.79. The molecule has 0 bridgehead atoms. The minimum atomic E-state index is -0.325. The molecule has 1 aliphatic heterocycles. The molecule has 1 amide bonds. The maximum atomic E-state index is 13.2. The van der Waals surface area contributed by atoms with Gasteiger partial charge in [-0.05, 0) is 67.1 Å². The monoisotopic (exact) mass is 386 g/mol. The number of aryl methyl sites for hydroxylation is 1. The van der Waals surface area contributed by atoms with Crippen LogP contribution in [0.2, 0.25) is 0 Å². The number of carbonyl (C=O) groups excluding carboxylic acids is 1. The number of amides is 1. The van der Waals surface area contributed by atoms with E-state index in [2.05, 4.69) is 4.99 Å². The number of benzene rings is 3. The van der Waals surface area contributed by atoms with Gasteiger partial charge >= 0.3 is 0 Å². The van der Waals surface area contributed by atoms with Crippen molar-refractivity contribution in [2.45, 2.75) is 6.92 Å². The summed E-state index contributed by atoms with van der Waals surface area (Å²) in [6, 6.07) is 21.1. The van der Waals surface area contributed by atoms with E-state index in [9.17, 15) is 9.18 Å². The molecule has 0 atom stereocenters. The minimum Gasteiger partial charge on any atom is -0.497 e. The SMILES string of the molecule is COc1ccc(C2=N/C(=C/c3ccc(F)cc3)C(=O)N2c2ccc(C)cc2)cc1. The number of aliphatic imine (C=N–C) groups is 1. The van der Waals surface area contributed by atoms with E-state index in [-0.39, 0.29) is 11.7 Å². The zero-order valence-electron chi connectivity index (χ0n) is 16.1. The number of anilines is 1. The Labute approximate surface area is 168 Å². The maximum absolute atomic E-state index is 13.2. The van der Waals surface area contributed by atoms with E-state index in [0.717, 1.165) is 22.6 Å². The molecular formula is C24H19FN2O2. The summed E-state index contributed by atoms with van der Waals surface area (Å²) < 4.78 is 18.4. The molecule has 0 aromatic heterocycles. The number of hydrogen-bond donors (Lipinski definition) is 0. The van der Waals surface area contributed by atoms with Crippen LogP contribution in [-0.4, -0.2) is 18.9 Å². The lowest BCUT2D eigenvalue weighted by atomic mass is 10.1. The molecule has 0 unspecified atom stereocenters. The summed E-state index contributed by atoms with van der Waals surface area (Å²) in [5.41, 5.74) is 3.63. The Kier molecular flexibility index (Phi) is 4.96. The molecule has 29 heavy (non-hydrogen) atoms. The lowest BCUT2D eigenvalue weighted by molar-refractivity contribution is -0.113. The van der Waals surface area contributed by atoms with E-state index in [1.165, 1.54) is 12.1 Å². The van der Waals surface area contributed by atoms with E-state index in [0.29, 0.717) is 17.1 Å². The van der Waals surface area contributed by atoms with Crippen LogP contribution in [0.25, 0.3) is 6.08 Å². The van der Waals surface area contributed by atoms with Crippen molar-refractivity contribution in [1.82, 2.24) is 0 Å². The topological polar surface area (TPSA) is 41.9 Å². The zero-order valence-corrected chi connectivity index (χ0v) is 16.1. The molecule has 1 heterocycles. The molecule has 144 valence electrons. The van der Waals surface area contributed by atoms with Crippen LogP contribution in [0.1, 0.15) is 16.7 Å². The van der Waals surface area contributed by atoms with Crippen molar-refractivity contribution in [1.29, 1.82) is 0 Å². The van der Waals surface area contributed by atoms with Gasteiger partial charge in [0.05, 0.1) is 12.8 Å². The average Bonchev–Trinajstić information content (AvgIpc) is 3.06. The Bertz CT molecular complexity index is 1100. The fourth-order valence-electron chi connectivity index (χ4n) is 3.10. The first kappa shape index (κ1) is 18.6. The van der Waals surface area contributed by atoms with Gasteiger partial charge in [0.1, 0.15) is 23.1 Å². The number of halogens is 1. The van der Waals surface area contributed by atoms with Crippen molar-refractivity contribution in [3.05, 3.63) is 101 Å². The molecule has 0 spiro atoms. The van der Waals surface area contributed by atoms with Crippen molar-refractivity contribution in [2.75, 3.05) is 12.0 Å². The van der Waals surface area contributed by atoms with Gasteiger partial charge in [0, 0.05) is 5.56 Å². The molecule has 4 nitrogen and oxygen atoms in total. The number of amidine groups is 1. The first-order valence-electron chi connectivity index (χ1n) is 9.16. The van der Waals surface area contributed by atoms with E-state index in [1.807, 2.05) is 55.5 Å². The lowest BCUT2D eigenvalue weighted by Crippen LogP contribution is -2.32. The molecule has 0 saturated carbocycles. The second-order valence-electron chi connectivity index (χ2n) is 6.72. The van der Waals surface area contributed by atoms with Crippen LogP contribution >= 0.6 is 0 Å². The third kappa shape index (κ3) is 3.80. The van der Waals surface area contributed by atoms with Gasteiger partial charge in [0.15, 0.2) is 0 Å². The molecule has 3 aromatic carbocycles. The fourth-order valence-corrected chi connectivity index (χ4v) is 3.10. The van der Waals surface area contributed by atoms with E-state index < -0.39 is 0 Å². The summed E-state index contributed by atoms with van der Waals surface area (Å²) in [6.45, 7) is 1.99. The highest BCUT2D eigenvalue weighted by Crippen LogP contribution is 2.28. The molecular weight excluding hydrogens is 367 g/mol. The fraction of sp³-hybridized carbons (Fsp3) is 0.0833. The van der Waals surface area contributed by atoms with E-state index in [4.69, 9.17) is 4.74 Å². The predicted octanol–water partition coefficient (Wildman–Crippen LogP) is 4.98. The van der Waals surface area contributed by atoms with E-state index >= 15 is 0 Å². The third-order valence-corrected chi connectivity index (χ3v) is 4.67. The quantitative estimate of drug-likeness (QED) is 0.594. The summed E-state index contributed by atoms with van der Waals surface area (Å²) in [5.74, 6) is 0.704. The highest BCUT2D eigenvalue weighted by molar-refractivity contribution is 6.33. The standard InChI is InChI=1S/C24H19FN2O2/c1-16-3-11-20(12-4-16)27-23(18-7-13-21(29-2)14-8-18)26-22(24(27)28)15-17-5-9-19(25)10-6-17/h3-15H,1-2H3/b22-15+. The second kappa shape index (κ2) is 7.72. The molecule has 3 aromatic rings. The number of ether oxygens (including phenoxy) is 1. The Morgan fingerprint density at radius 3 is 2.21 bits per heavy atom. The van der Waals surface area contributed by atoms with Gasteiger partial charge in [-0.1, -0.05) is 29.8 Å². The maximum Gasteiger partial charge on any atom is 0.282 e. The molecule has 1 aliphatic rings. The number of hydrogen-bond acceptors (Lipinski definition) is 3. The first-order chi connectivity index (χ1) is 14.0. The van der Waals surface area contributed by atoms with Crippen LogP contribution in [0.5, 0.6) is 5.75 Å². The van der Waals surface area contributed by atoms with Crippen LogP contribution in [0.15, 0.2) is 83.5 Å². The smallest absolute Gasteiger partial charge is 0.282 e. The van der Waals surface area contributed by atoms with Crippen molar-refractivity contribution >= 4 is 23.5 Å². The van der Waals surface area contributed by atoms with Crippen molar-refractivity contribution in [2.24, 2.45) is 4.99 Å². The number of carbonyl (C=O) groups is 1. The Hall–Kier alpha value is -3.73. The molecule has 0 aliphatic carbocycles. The van der Waals surface area contributed by atoms with Gasteiger partial charge in [-0.3, -0.25) is 9.69 Å². The van der Waals surface area contributed by atoms with Crippen LogP contribution in [-0.2, 0) is 4.79 Å². The van der Waals surface area contributed by atoms with Crippen molar-refractivity contribution in [3.8, 4) is 5.75 Å². The van der Waals surface area contributed by atoms with Gasteiger partial charge in [0.25, 0.3) is 5.91 Å². The normalized spacial score (nSPS) is 15.0. The molecule has 5 heteroatoms. The van der Waals surface area contributed by atoms with Gasteiger partial charge in [0.2, 0.25) is 0 Å². The highest BCUT2D eigenvalue weighted by atomic mass is 19.1. The van der Waals surface area contributed by atoms with Crippen molar-refractivity contribution in [3.63, 3.8) is 0 Å². The van der Waals surface area contributed by atoms with Crippen molar-refractivity contribution < 1.29 is 13.9 Å². The van der Waals surface area contributed by atoms with Gasteiger partial charge < -0.3 is 4.74 Å². The third-order valence-electron chi connectivity index (χ3n) is 4.67. The predicted molar refractivity (Wildman–Crippen MR) is 113 cm³/mol. The Morgan fingerprint density at radius 2 is 1.59 bits per heavy atom. The number of rotatable bonds is 4. The average molecular weight is 386 g/mol. The summed E-state index contributed by atoms with van der Waals surface area (Å²) in [4.78, 5) is 19.4. The highest BCUT2D eigenvalue weighted by Gasteiger charge is 2.32. The summed E-state index contributed by atoms with van der Waals surface area (Å²) in [6.07, 6.45) is 1.67. The number of methoxy groups -OCH3 is 1. The lowest BCUT2D eigenvalue weighted by Gasteiger charge is -2.19. The van der Waals surface area contributed by atoms with Crippen LogP contribution in [0.4, 0.5) is 10.1 Å². The van der Waals surface area contributed by atoms with Gasteiger partial charge in [-0.2, -0.15) is 0 Å². The molecule has 0 radical (unpaired) electrons. The summed E-state index contributed by atoms with van der Waals surface area (Å²) in [5, 5.41) is 0. The van der Waals surface area contributed by atoms with Gasteiger partial charge in [-0.25, -0.2) is 9.38 Å². The largest absolute Gasteiger partial charge is 0.497 e. The Morgan fingerprint density at radius 1 is 0.931 bits per heavy atom. The molecule has 0 N–H and O–H groups in total. The first-order valence-corrected chi connectivity index (χ1v) is 9.16. The zero-order chi connectivity index (χ0) is 20.4. The molecule has 4 rings (SSSR count). The van der Waals surface area contributed by atoms with Crippen LogP contribution < -0.4 is 9.64 Å². The van der Waals surface area contributed by atoms with E-state index in [1.54, 1.807) is 30.2 Å². The van der Waals surface area contributed by atoms with Crippen LogP contribution in [0.3, 0.4) is 0 Å². The molecule has 0 fully saturated rings.